The van der Waals surface area contributed by atoms with Crippen LogP contribution in [-0.2, 0) is 30.5 Å². The molecule has 2 aromatic heterocycles. The molecular weight excluding hydrogens is 408 g/mol. The minimum absolute atomic E-state index is 0.135. The van der Waals surface area contributed by atoms with E-state index in [4.69, 9.17) is 14.7 Å². The first kappa shape index (κ1) is 19.6. The van der Waals surface area contributed by atoms with Crippen molar-refractivity contribution in [2.75, 3.05) is 31.6 Å². The highest BCUT2D eigenvalue weighted by Gasteiger charge is 2.32. The molecule has 1 aromatic carbocycles. The van der Waals surface area contributed by atoms with Crippen molar-refractivity contribution in [3.8, 4) is 0 Å². The molecule has 0 bridgehead atoms. The van der Waals surface area contributed by atoms with E-state index in [9.17, 15) is 5.11 Å². The number of thiophene rings is 1. The predicted molar refractivity (Wildman–Crippen MR) is 123 cm³/mol. The number of hydrogen-bond donors (Lipinski definition) is 2. The van der Waals surface area contributed by atoms with E-state index < -0.39 is 6.10 Å². The van der Waals surface area contributed by atoms with Gasteiger partial charge in [-0.3, -0.25) is 4.90 Å². The summed E-state index contributed by atoms with van der Waals surface area (Å²) in [5, 5.41) is 15.7. The molecule has 6 rings (SSSR count). The average molecular weight is 437 g/mol. The van der Waals surface area contributed by atoms with Crippen LogP contribution < -0.4 is 5.32 Å². The summed E-state index contributed by atoms with van der Waals surface area (Å²) >= 11 is 1.84. The van der Waals surface area contributed by atoms with Gasteiger partial charge in [0.15, 0.2) is 0 Å². The lowest BCUT2D eigenvalue weighted by atomic mass is 9.97. The van der Waals surface area contributed by atoms with Crippen LogP contribution in [0.25, 0.3) is 10.2 Å². The van der Waals surface area contributed by atoms with Crippen molar-refractivity contribution in [2.45, 2.75) is 50.8 Å². The molecule has 3 aromatic rings. The molecule has 2 atom stereocenters. The third-order valence-electron chi connectivity index (χ3n) is 6.83. The van der Waals surface area contributed by atoms with Crippen LogP contribution in [0.15, 0.2) is 24.3 Å². The van der Waals surface area contributed by atoms with Crippen LogP contribution in [0, 0.1) is 0 Å². The lowest BCUT2D eigenvalue weighted by molar-refractivity contribution is 0.0331. The Hall–Kier alpha value is -2.06. The van der Waals surface area contributed by atoms with E-state index >= 15 is 0 Å². The minimum Gasteiger partial charge on any atom is -0.390 e. The Labute approximate surface area is 186 Å². The molecule has 2 aliphatic carbocycles. The summed E-state index contributed by atoms with van der Waals surface area (Å²) in [6.45, 7) is 4.11. The third kappa shape index (κ3) is 3.63. The normalized spacial score (nSPS) is 23.6. The second-order valence-corrected chi connectivity index (χ2v) is 9.94. The van der Waals surface area contributed by atoms with E-state index in [1.165, 1.54) is 39.8 Å². The maximum Gasteiger partial charge on any atom is 0.146 e. The van der Waals surface area contributed by atoms with Gasteiger partial charge in [0.2, 0.25) is 0 Å². The number of benzene rings is 1. The van der Waals surface area contributed by atoms with Crippen LogP contribution in [0.1, 0.15) is 46.3 Å². The summed E-state index contributed by atoms with van der Waals surface area (Å²) in [5.74, 6) is 1.75. The molecule has 1 fully saturated rings. The maximum atomic E-state index is 10.8. The number of aryl methyl sites for hydroxylation is 2. The van der Waals surface area contributed by atoms with E-state index in [0.717, 1.165) is 62.2 Å². The number of nitrogens with one attached hydrogen (secondary N) is 1. The highest BCUT2D eigenvalue weighted by atomic mass is 32.1. The number of aliphatic hydroxyl groups excluding tert-OH is 1. The van der Waals surface area contributed by atoms with Crippen molar-refractivity contribution in [1.29, 1.82) is 0 Å². The summed E-state index contributed by atoms with van der Waals surface area (Å²) in [4.78, 5) is 15.0. The molecule has 0 saturated carbocycles. The van der Waals surface area contributed by atoms with Crippen molar-refractivity contribution < 1.29 is 9.84 Å². The number of anilines is 1. The van der Waals surface area contributed by atoms with Gasteiger partial charge in [-0.15, -0.1) is 11.3 Å². The van der Waals surface area contributed by atoms with Crippen LogP contribution >= 0.6 is 11.3 Å². The molecule has 0 radical (unpaired) electrons. The summed E-state index contributed by atoms with van der Waals surface area (Å²) in [5.41, 5.74) is 3.83. The van der Waals surface area contributed by atoms with Gasteiger partial charge in [-0.2, -0.15) is 0 Å². The smallest absolute Gasteiger partial charge is 0.146 e. The van der Waals surface area contributed by atoms with E-state index in [2.05, 4.69) is 28.4 Å². The lowest BCUT2D eigenvalue weighted by Gasteiger charge is -2.26. The van der Waals surface area contributed by atoms with Crippen LogP contribution in [0.4, 0.5) is 5.82 Å². The van der Waals surface area contributed by atoms with E-state index in [1.54, 1.807) is 0 Å². The zero-order chi connectivity index (χ0) is 20.8. The Morgan fingerprint density at radius 1 is 1.13 bits per heavy atom. The highest BCUT2D eigenvalue weighted by Crippen LogP contribution is 2.41. The predicted octanol–water partition coefficient (Wildman–Crippen LogP) is 3.47. The molecule has 31 heavy (non-hydrogen) atoms. The second kappa shape index (κ2) is 8.13. The van der Waals surface area contributed by atoms with Gasteiger partial charge < -0.3 is 15.2 Å². The average Bonchev–Trinajstić information content (AvgIpc) is 3.32. The van der Waals surface area contributed by atoms with Gasteiger partial charge in [-0.05, 0) is 42.4 Å². The van der Waals surface area contributed by atoms with Gasteiger partial charge in [0.05, 0.1) is 37.3 Å². The first-order valence-electron chi connectivity index (χ1n) is 11.4. The molecule has 162 valence electrons. The van der Waals surface area contributed by atoms with Crippen LogP contribution in [0.2, 0.25) is 0 Å². The second-order valence-electron chi connectivity index (χ2n) is 8.86. The monoisotopic (exact) mass is 436 g/mol. The van der Waals surface area contributed by atoms with Gasteiger partial charge in [-0.1, -0.05) is 24.3 Å². The SMILES string of the molecule is O[C@H]1Cc2ccccc2[C@H]1Nc1nc(CN2CCOCC2)nc2sc3c(c12)CCCC3. The van der Waals surface area contributed by atoms with E-state index in [1.807, 2.05) is 17.4 Å². The van der Waals surface area contributed by atoms with E-state index in [0.29, 0.717) is 6.42 Å². The first-order valence-corrected chi connectivity index (χ1v) is 12.2. The Kier molecular flexibility index (Phi) is 5.14. The number of aromatic nitrogens is 2. The molecule has 1 saturated heterocycles. The Morgan fingerprint density at radius 3 is 2.87 bits per heavy atom. The Balaban J connectivity index is 1.41. The minimum atomic E-state index is -0.445. The van der Waals surface area contributed by atoms with Gasteiger partial charge in [-0.25, -0.2) is 9.97 Å². The number of fused-ring (bicyclic) bond motifs is 4. The maximum absolute atomic E-state index is 10.8. The first-order chi connectivity index (χ1) is 15.3. The summed E-state index contributed by atoms with van der Waals surface area (Å²) in [6.07, 6.45) is 4.96. The van der Waals surface area contributed by atoms with Gasteiger partial charge in [0.25, 0.3) is 0 Å². The van der Waals surface area contributed by atoms with Gasteiger partial charge in [0, 0.05) is 24.4 Å². The van der Waals surface area contributed by atoms with Crippen LogP contribution in [-0.4, -0.2) is 52.4 Å². The van der Waals surface area contributed by atoms with Crippen LogP contribution in [0.5, 0.6) is 0 Å². The summed E-state index contributed by atoms with van der Waals surface area (Å²) in [6, 6.07) is 8.21. The molecule has 0 spiro atoms. The number of rotatable bonds is 4. The van der Waals surface area contributed by atoms with Crippen molar-refractivity contribution >= 4 is 27.4 Å². The summed E-state index contributed by atoms with van der Waals surface area (Å²) in [7, 11) is 0. The van der Waals surface area contributed by atoms with E-state index in [-0.39, 0.29) is 6.04 Å². The molecule has 2 N–H and O–H groups in total. The molecular formula is C24H28N4O2S. The lowest BCUT2D eigenvalue weighted by Crippen LogP contribution is -2.36. The topological polar surface area (TPSA) is 70.5 Å². The fourth-order valence-electron chi connectivity index (χ4n) is 5.23. The molecule has 7 heteroatoms. The molecule has 3 heterocycles. The fraction of sp³-hybridized carbons (Fsp3) is 0.500. The number of aliphatic hydroxyl groups is 1. The molecule has 0 unspecified atom stereocenters. The number of ether oxygens (including phenoxy) is 1. The number of morpholine rings is 1. The number of hydrogen-bond acceptors (Lipinski definition) is 7. The van der Waals surface area contributed by atoms with Crippen LogP contribution in [0.3, 0.4) is 0 Å². The van der Waals surface area contributed by atoms with Crippen molar-refractivity contribution in [1.82, 2.24) is 14.9 Å². The Bertz CT molecular complexity index is 1110. The van der Waals surface area contributed by atoms with Gasteiger partial charge in [0.1, 0.15) is 16.5 Å². The zero-order valence-corrected chi connectivity index (χ0v) is 18.5. The Morgan fingerprint density at radius 2 is 1.97 bits per heavy atom. The molecule has 0 amide bonds. The standard InChI is InChI=1S/C24H28N4O2S/c29-18-13-15-5-1-2-6-16(15)22(18)27-23-21-17-7-3-4-8-19(17)31-24(21)26-20(25-23)14-28-9-11-30-12-10-28/h1-2,5-6,18,22,29H,3-4,7-14H2,(H,25,26,27)/t18-,22+/m0/s1. The fourth-order valence-corrected chi connectivity index (χ4v) is 6.51. The summed E-state index contributed by atoms with van der Waals surface area (Å²) < 4.78 is 5.50. The molecule has 6 nitrogen and oxygen atoms in total. The largest absolute Gasteiger partial charge is 0.390 e. The van der Waals surface area contributed by atoms with Crippen molar-refractivity contribution in [3.63, 3.8) is 0 Å². The zero-order valence-electron chi connectivity index (χ0n) is 17.6. The molecule has 1 aliphatic heterocycles. The third-order valence-corrected chi connectivity index (χ3v) is 8.01. The quantitative estimate of drug-likeness (QED) is 0.653. The van der Waals surface area contributed by atoms with Crippen molar-refractivity contribution in [3.05, 3.63) is 51.7 Å². The molecule has 3 aliphatic rings. The number of nitrogens with zero attached hydrogens (tertiary/aromatic N) is 3. The van der Waals surface area contributed by atoms with Gasteiger partial charge >= 0.3 is 0 Å². The highest BCUT2D eigenvalue weighted by molar-refractivity contribution is 7.19. The van der Waals surface area contributed by atoms with Crippen molar-refractivity contribution in [2.24, 2.45) is 0 Å².